The van der Waals surface area contributed by atoms with E-state index in [4.69, 9.17) is 10.5 Å². The molecule has 1 fully saturated rings. The van der Waals surface area contributed by atoms with E-state index in [0.717, 1.165) is 6.42 Å². The number of nitrogens with one attached hydrogen (secondary N) is 1. The highest BCUT2D eigenvalue weighted by Crippen LogP contribution is 2.27. The zero-order chi connectivity index (χ0) is 15.2. The number of hydrogen-bond acceptors (Lipinski definition) is 3. The van der Waals surface area contributed by atoms with Crippen molar-refractivity contribution in [3.63, 3.8) is 0 Å². The number of hydrogen-bond donors (Lipinski definition) is 2. The van der Waals surface area contributed by atoms with E-state index in [2.05, 4.69) is 5.32 Å². The molecular weight excluding hydrogens is 271 g/mol. The van der Waals surface area contributed by atoms with Crippen molar-refractivity contribution in [2.45, 2.75) is 38.6 Å². The van der Waals surface area contributed by atoms with Crippen LogP contribution in [0.15, 0.2) is 18.2 Å². The summed E-state index contributed by atoms with van der Waals surface area (Å²) in [5.74, 6) is 0.0881. The van der Waals surface area contributed by atoms with Crippen molar-refractivity contribution in [2.24, 2.45) is 11.7 Å². The average Bonchev–Trinajstić information content (AvgIpc) is 3.28. The van der Waals surface area contributed by atoms with E-state index in [1.807, 2.05) is 6.92 Å². The number of halogens is 1. The van der Waals surface area contributed by atoms with Gasteiger partial charge in [0.1, 0.15) is 0 Å². The van der Waals surface area contributed by atoms with Gasteiger partial charge in [-0.15, -0.1) is 0 Å². The van der Waals surface area contributed by atoms with Crippen LogP contribution < -0.4 is 15.8 Å². The number of amides is 1. The monoisotopic (exact) mass is 294 g/mol. The van der Waals surface area contributed by atoms with Gasteiger partial charge >= 0.3 is 0 Å². The summed E-state index contributed by atoms with van der Waals surface area (Å²) >= 11 is 0. The van der Waals surface area contributed by atoms with Crippen LogP contribution in [0.25, 0.3) is 0 Å². The van der Waals surface area contributed by atoms with Gasteiger partial charge in [-0.1, -0.05) is 19.1 Å². The molecule has 1 aromatic carbocycles. The lowest BCUT2D eigenvalue weighted by molar-refractivity contribution is -0.123. The molecule has 1 amide bonds. The quantitative estimate of drug-likeness (QED) is 0.771. The molecule has 1 unspecified atom stereocenters. The molecule has 1 aromatic rings. The molecule has 21 heavy (non-hydrogen) atoms. The Morgan fingerprint density at radius 3 is 2.95 bits per heavy atom. The summed E-state index contributed by atoms with van der Waals surface area (Å²) in [5, 5.41) is 2.79. The van der Waals surface area contributed by atoms with Gasteiger partial charge in [0.05, 0.1) is 0 Å². The topological polar surface area (TPSA) is 64.3 Å². The van der Waals surface area contributed by atoms with E-state index >= 15 is 0 Å². The van der Waals surface area contributed by atoms with Crippen LogP contribution in [0, 0.1) is 11.7 Å². The lowest BCUT2D eigenvalue weighted by Gasteiger charge is -2.15. The second kappa shape index (κ2) is 7.41. The van der Waals surface area contributed by atoms with Crippen LogP contribution in [0.1, 0.15) is 31.7 Å². The summed E-state index contributed by atoms with van der Waals surface area (Å²) in [4.78, 5) is 11.7. The normalized spacial score (nSPS) is 15.6. The van der Waals surface area contributed by atoms with E-state index < -0.39 is 5.82 Å². The van der Waals surface area contributed by atoms with Crippen LogP contribution in [-0.2, 0) is 11.2 Å². The van der Waals surface area contributed by atoms with Gasteiger partial charge in [0, 0.05) is 12.6 Å². The van der Waals surface area contributed by atoms with Crippen molar-refractivity contribution < 1.29 is 13.9 Å². The molecule has 0 radical (unpaired) electrons. The molecule has 1 aliphatic rings. The molecule has 1 atom stereocenters. The number of carbonyl (C=O) groups excluding carboxylic acids is 1. The first-order valence-electron chi connectivity index (χ1n) is 7.52. The van der Waals surface area contributed by atoms with Crippen LogP contribution in [0.4, 0.5) is 4.39 Å². The maximum Gasteiger partial charge on any atom is 0.257 e. The standard InChI is InChI=1S/C16H23FN2O2/c1-2-13(18)8-12-4-3-5-14(17)16(12)21-10-15(20)19-9-11-6-7-11/h3-5,11,13H,2,6-10,18H2,1H3,(H,19,20). The third-order valence-corrected chi connectivity index (χ3v) is 3.69. The fourth-order valence-electron chi connectivity index (χ4n) is 2.07. The number of rotatable bonds is 8. The lowest BCUT2D eigenvalue weighted by Crippen LogP contribution is -2.31. The maximum absolute atomic E-state index is 13.9. The molecule has 5 heteroatoms. The van der Waals surface area contributed by atoms with Gasteiger partial charge in [-0.2, -0.15) is 0 Å². The number of benzene rings is 1. The third-order valence-electron chi connectivity index (χ3n) is 3.69. The van der Waals surface area contributed by atoms with Crippen molar-refractivity contribution in [3.8, 4) is 5.75 Å². The summed E-state index contributed by atoms with van der Waals surface area (Å²) in [7, 11) is 0. The highest BCUT2D eigenvalue weighted by molar-refractivity contribution is 5.77. The molecule has 4 nitrogen and oxygen atoms in total. The van der Waals surface area contributed by atoms with Crippen LogP contribution in [0.3, 0.4) is 0 Å². The van der Waals surface area contributed by atoms with Gasteiger partial charge in [0.2, 0.25) is 0 Å². The van der Waals surface area contributed by atoms with Crippen LogP contribution in [0.5, 0.6) is 5.75 Å². The minimum absolute atomic E-state index is 0.0437. The first-order chi connectivity index (χ1) is 10.1. The van der Waals surface area contributed by atoms with Crippen LogP contribution in [-0.4, -0.2) is 25.1 Å². The molecule has 0 saturated heterocycles. The van der Waals surface area contributed by atoms with Crippen LogP contribution in [0.2, 0.25) is 0 Å². The Bertz CT molecular complexity index is 489. The van der Waals surface area contributed by atoms with Crippen molar-refractivity contribution in [2.75, 3.05) is 13.2 Å². The maximum atomic E-state index is 13.9. The van der Waals surface area contributed by atoms with Gasteiger partial charge in [0.25, 0.3) is 5.91 Å². The largest absolute Gasteiger partial charge is 0.480 e. The predicted molar refractivity (Wildman–Crippen MR) is 79.6 cm³/mol. The van der Waals surface area contributed by atoms with Crippen molar-refractivity contribution >= 4 is 5.91 Å². The number of nitrogens with two attached hydrogens (primary N) is 1. The van der Waals surface area contributed by atoms with E-state index in [-0.39, 0.29) is 24.3 Å². The average molecular weight is 294 g/mol. The third kappa shape index (κ3) is 5.01. The van der Waals surface area contributed by atoms with Crippen molar-refractivity contribution in [3.05, 3.63) is 29.6 Å². The Labute approximate surface area is 124 Å². The van der Waals surface area contributed by atoms with Crippen molar-refractivity contribution in [1.82, 2.24) is 5.32 Å². The molecule has 2 rings (SSSR count). The Hall–Kier alpha value is -1.62. The second-order valence-corrected chi connectivity index (χ2v) is 5.64. The van der Waals surface area contributed by atoms with Gasteiger partial charge in [-0.3, -0.25) is 4.79 Å². The molecule has 1 aliphatic carbocycles. The molecule has 0 heterocycles. The first kappa shape index (κ1) is 15.8. The van der Waals surface area contributed by atoms with E-state index in [1.165, 1.54) is 18.9 Å². The van der Waals surface area contributed by atoms with Gasteiger partial charge in [0.15, 0.2) is 18.2 Å². The molecule has 0 aliphatic heterocycles. The molecule has 0 bridgehead atoms. The number of ether oxygens (including phenoxy) is 1. The first-order valence-corrected chi connectivity index (χ1v) is 7.52. The van der Waals surface area contributed by atoms with Crippen molar-refractivity contribution in [1.29, 1.82) is 0 Å². The molecule has 0 spiro atoms. The molecule has 116 valence electrons. The Balaban J connectivity index is 1.92. The van der Waals surface area contributed by atoms with E-state index in [9.17, 15) is 9.18 Å². The van der Waals surface area contributed by atoms with E-state index in [1.54, 1.807) is 12.1 Å². The SMILES string of the molecule is CCC(N)Cc1cccc(F)c1OCC(=O)NCC1CC1. The Morgan fingerprint density at radius 1 is 1.52 bits per heavy atom. The molecular formula is C16H23FN2O2. The van der Waals surface area contributed by atoms with Gasteiger partial charge in [-0.05, 0) is 43.2 Å². The number of para-hydroxylation sites is 1. The van der Waals surface area contributed by atoms with E-state index in [0.29, 0.717) is 24.4 Å². The second-order valence-electron chi connectivity index (χ2n) is 5.64. The molecule has 1 saturated carbocycles. The smallest absolute Gasteiger partial charge is 0.257 e. The predicted octanol–water partition coefficient (Wildman–Crippen LogP) is 2.01. The summed E-state index contributed by atoms with van der Waals surface area (Å²) in [6.45, 7) is 2.50. The lowest BCUT2D eigenvalue weighted by atomic mass is 10.0. The molecule has 0 aromatic heterocycles. The summed E-state index contributed by atoms with van der Waals surface area (Å²) in [6, 6.07) is 4.71. The summed E-state index contributed by atoms with van der Waals surface area (Å²) in [6.07, 6.45) is 3.69. The minimum atomic E-state index is -0.453. The summed E-state index contributed by atoms with van der Waals surface area (Å²) in [5.41, 5.74) is 6.62. The molecule has 3 N–H and O–H groups in total. The minimum Gasteiger partial charge on any atom is -0.480 e. The fraction of sp³-hybridized carbons (Fsp3) is 0.562. The highest BCUT2D eigenvalue weighted by Gasteiger charge is 2.22. The fourth-order valence-corrected chi connectivity index (χ4v) is 2.07. The zero-order valence-electron chi connectivity index (χ0n) is 12.4. The highest BCUT2D eigenvalue weighted by atomic mass is 19.1. The summed E-state index contributed by atoms with van der Waals surface area (Å²) < 4.78 is 19.3. The zero-order valence-corrected chi connectivity index (χ0v) is 12.4. The Morgan fingerprint density at radius 2 is 2.29 bits per heavy atom. The van der Waals surface area contributed by atoms with Gasteiger partial charge in [-0.25, -0.2) is 4.39 Å². The number of carbonyl (C=O) groups is 1. The van der Waals surface area contributed by atoms with Gasteiger partial charge < -0.3 is 15.8 Å². The van der Waals surface area contributed by atoms with Crippen LogP contribution >= 0.6 is 0 Å². The Kier molecular flexibility index (Phi) is 5.56.